The average molecular weight is 360 g/mol. The van der Waals surface area contributed by atoms with Gasteiger partial charge in [-0.1, -0.05) is 6.07 Å². The van der Waals surface area contributed by atoms with E-state index >= 15 is 0 Å². The lowest BCUT2D eigenvalue weighted by Crippen LogP contribution is -2.44. The lowest BCUT2D eigenvalue weighted by atomic mass is 10.1. The molecule has 0 spiro atoms. The fraction of sp³-hybridized carbons (Fsp3) is 0.588. The van der Waals surface area contributed by atoms with Gasteiger partial charge in [0.05, 0.1) is 7.11 Å². The molecule has 1 saturated heterocycles. The van der Waals surface area contributed by atoms with Crippen LogP contribution < -0.4 is 15.4 Å². The van der Waals surface area contributed by atoms with Crippen molar-refractivity contribution in [3.63, 3.8) is 0 Å². The van der Waals surface area contributed by atoms with Crippen LogP contribution in [-0.4, -0.2) is 57.2 Å². The zero-order chi connectivity index (χ0) is 16.5. The molecule has 0 radical (unpaired) electrons. The molecule has 0 bridgehead atoms. The van der Waals surface area contributed by atoms with Crippen LogP contribution in [0.2, 0.25) is 0 Å². The highest BCUT2D eigenvalue weighted by molar-refractivity contribution is 5.85. The maximum atomic E-state index is 13.6. The Kier molecular flexibility index (Phi) is 9.67. The van der Waals surface area contributed by atoms with Crippen LogP contribution in [0.4, 0.5) is 4.39 Å². The molecule has 2 rings (SSSR count). The number of rotatable bonds is 8. The van der Waals surface area contributed by atoms with E-state index in [0.29, 0.717) is 19.4 Å². The van der Waals surface area contributed by atoms with Crippen LogP contribution in [0.5, 0.6) is 5.75 Å². The van der Waals surface area contributed by atoms with E-state index in [1.54, 1.807) is 12.1 Å². The second-order valence-electron chi connectivity index (χ2n) is 5.76. The molecule has 0 unspecified atom stereocenters. The van der Waals surface area contributed by atoms with Crippen LogP contribution in [0.15, 0.2) is 18.2 Å². The molecule has 1 fully saturated rings. The fourth-order valence-corrected chi connectivity index (χ4v) is 2.68. The Bertz CT molecular complexity index is 511. The van der Waals surface area contributed by atoms with Gasteiger partial charge in [0.1, 0.15) is 0 Å². The van der Waals surface area contributed by atoms with Crippen LogP contribution in [-0.2, 0) is 11.2 Å². The van der Waals surface area contributed by atoms with Gasteiger partial charge >= 0.3 is 0 Å². The zero-order valence-corrected chi connectivity index (χ0v) is 15.0. The number of nitrogens with one attached hydrogen (secondary N) is 2. The number of ether oxygens (including phenoxy) is 1. The van der Waals surface area contributed by atoms with E-state index in [0.717, 1.165) is 44.7 Å². The lowest BCUT2D eigenvalue weighted by molar-refractivity contribution is -0.121. The van der Waals surface area contributed by atoms with Gasteiger partial charge in [-0.05, 0) is 37.1 Å². The summed E-state index contributed by atoms with van der Waals surface area (Å²) in [6, 6.07) is 4.81. The minimum Gasteiger partial charge on any atom is -0.494 e. The molecule has 5 nitrogen and oxygen atoms in total. The molecule has 0 saturated carbocycles. The van der Waals surface area contributed by atoms with Crippen molar-refractivity contribution in [3.05, 3.63) is 29.6 Å². The third-order valence-electron chi connectivity index (χ3n) is 4.04. The second kappa shape index (κ2) is 11.2. The maximum absolute atomic E-state index is 13.6. The molecule has 1 aromatic carbocycles. The topological polar surface area (TPSA) is 53.6 Å². The Morgan fingerprint density at radius 1 is 1.38 bits per heavy atom. The van der Waals surface area contributed by atoms with Crippen LogP contribution in [0.3, 0.4) is 0 Å². The smallest absolute Gasteiger partial charge is 0.220 e. The number of methoxy groups -OCH3 is 1. The van der Waals surface area contributed by atoms with Gasteiger partial charge in [0.15, 0.2) is 11.6 Å². The van der Waals surface area contributed by atoms with Gasteiger partial charge in [0.2, 0.25) is 5.91 Å². The number of aryl methyl sites for hydroxylation is 1. The van der Waals surface area contributed by atoms with E-state index in [2.05, 4.69) is 15.5 Å². The highest BCUT2D eigenvalue weighted by atomic mass is 35.5. The maximum Gasteiger partial charge on any atom is 0.220 e. The summed E-state index contributed by atoms with van der Waals surface area (Å²) < 4.78 is 18.4. The van der Waals surface area contributed by atoms with E-state index < -0.39 is 0 Å². The molecule has 1 aliphatic rings. The summed E-state index contributed by atoms with van der Waals surface area (Å²) in [5.74, 6) is -0.144. The number of piperazine rings is 1. The van der Waals surface area contributed by atoms with E-state index in [1.807, 2.05) is 0 Å². The molecule has 1 aromatic rings. The van der Waals surface area contributed by atoms with Crippen molar-refractivity contribution in [2.75, 3.05) is 46.4 Å². The first kappa shape index (κ1) is 20.7. The predicted molar refractivity (Wildman–Crippen MR) is 95.5 cm³/mol. The number of benzene rings is 1. The Morgan fingerprint density at radius 2 is 2.12 bits per heavy atom. The molecule has 0 aliphatic carbocycles. The number of amides is 1. The summed E-state index contributed by atoms with van der Waals surface area (Å²) in [6.45, 7) is 5.97. The van der Waals surface area contributed by atoms with E-state index in [1.165, 1.54) is 13.2 Å². The van der Waals surface area contributed by atoms with Crippen LogP contribution in [0, 0.1) is 5.82 Å². The van der Waals surface area contributed by atoms with Crippen molar-refractivity contribution >= 4 is 18.3 Å². The molecule has 136 valence electrons. The Balaban J connectivity index is 0.00000288. The van der Waals surface area contributed by atoms with Crippen LogP contribution in [0.1, 0.15) is 18.4 Å². The minimum absolute atomic E-state index is 0. The van der Waals surface area contributed by atoms with Crippen molar-refractivity contribution in [2.45, 2.75) is 19.3 Å². The normalized spacial score (nSPS) is 14.8. The van der Waals surface area contributed by atoms with Gasteiger partial charge in [-0.2, -0.15) is 0 Å². The van der Waals surface area contributed by atoms with Gasteiger partial charge in [-0.3, -0.25) is 4.79 Å². The SMILES string of the molecule is COc1ccc(CCC(=O)NCCCN2CCNCC2)cc1F.Cl. The highest BCUT2D eigenvalue weighted by Crippen LogP contribution is 2.18. The monoisotopic (exact) mass is 359 g/mol. The number of halogens is 2. The first-order valence-corrected chi connectivity index (χ1v) is 8.21. The van der Waals surface area contributed by atoms with Crippen molar-refractivity contribution in [3.8, 4) is 5.75 Å². The van der Waals surface area contributed by atoms with Crippen LogP contribution >= 0.6 is 12.4 Å². The molecule has 7 heteroatoms. The van der Waals surface area contributed by atoms with Crippen molar-refractivity contribution in [2.24, 2.45) is 0 Å². The fourth-order valence-electron chi connectivity index (χ4n) is 2.68. The van der Waals surface area contributed by atoms with Gasteiger partial charge < -0.3 is 20.3 Å². The molecule has 24 heavy (non-hydrogen) atoms. The van der Waals surface area contributed by atoms with E-state index in [9.17, 15) is 9.18 Å². The standard InChI is InChI=1S/C17H26FN3O2.ClH/c1-23-16-5-3-14(13-15(16)18)4-6-17(22)20-7-2-10-21-11-8-19-9-12-21;/h3,5,13,19H,2,4,6-12H2,1H3,(H,20,22);1H. The highest BCUT2D eigenvalue weighted by Gasteiger charge is 2.09. The van der Waals surface area contributed by atoms with Gasteiger partial charge in [0, 0.05) is 39.1 Å². The lowest BCUT2D eigenvalue weighted by Gasteiger charge is -2.27. The Labute approximate surface area is 149 Å². The average Bonchev–Trinajstić information content (AvgIpc) is 2.58. The Morgan fingerprint density at radius 3 is 2.79 bits per heavy atom. The van der Waals surface area contributed by atoms with E-state index in [-0.39, 0.29) is 29.9 Å². The Hall–Kier alpha value is -1.37. The first-order valence-electron chi connectivity index (χ1n) is 8.21. The van der Waals surface area contributed by atoms with Gasteiger partial charge in [0.25, 0.3) is 0 Å². The summed E-state index contributed by atoms with van der Waals surface area (Å²) in [5.41, 5.74) is 0.805. The zero-order valence-electron chi connectivity index (χ0n) is 14.1. The molecule has 2 N–H and O–H groups in total. The van der Waals surface area contributed by atoms with E-state index in [4.69, 9.17) is 4.74 Å². The molecule has 0 aromatic heterocycles. The van der Waals surface area contributed by atoms with Crippen LogP contribution in [0.25, 0.3) is 0 Å². The number of hydrogen-bond donors (Lipinski definition) is 2. The van der Waals surface area contributed by atoms with Crippen molar-refractivity contribution < 1.29 is 13.9 Å². The summed E-state index contributed by atoms with van der Waals surface area (Å²) in [7, 11) is 1.44. The molecular weight excluding hydrogens is 333 g/mol. The number of carbonyl (C=O) groups excluding carboxylic acids is 1. The molecular formula is C17H27ClFN3O2. The van der Waals surface area contributed by atoms with Crippen molar-refractivity contribution in [1.82, 2.24) is 15.5 Å². The number of hydrogen-bond acceptors (Lipinski definition) is 4. The third-order valence-corrected chi connectivity index (χ3v) is 4.04. The second-order valence-corrected chi connectivity index (χ2v) is 5.76. The summed E-state index contributed by atoms with van der Waals surface area (Å²) in [4.78, 5) is 14.2. The number of carbonyl (C=O) groups is 1. The summed E-state index contributed by atoms with van der Waals surface area (Å²) in [6.07, 6.45) is 1.87. The largest absolute Gasteiger partial charge is 0.494 e. The molecule has 1 amide bonds. The number of nitrogens with zero attached hydrogens (tertiary/aromatic N) is 1. The summed E-state index contributed by atoms with van der Waals surface area (Å²) in [5, 5.41) is 6.25. The third kappa shape index (κ3) is 7.03. The van der Waals surface area contributed by atoms with Gasteiger partial charge in [-0.15, -0.1) is 12.4 Å². The molecule has 0 atom stereocenters. The first-order chi connectivity index (χ1) is 11.2. The quantitative estimate of drug-likeness (QED) is 0.692. The minimum atomic E-state index is -0.388. The van der Waals surface area contributed by atoms with Gasteiger partial charge in [-0.25, -0.2) is 4.39 Å². The summed E-state index contributed by atoms with van der Waals surface area (Å²) >= 11 is 0. The predicted octanol–water partition coefficient (Wildman–Crippen LogP) is 1.60. The molecule has 1 heterocycles. The molecule has 1 aliphatic heterocycles. The van der Waals surface area contributed by atoms with Crippen molar-refractivity contribution in [1.29, 1.82) is 0 Å².